The number of carbonyl (C=O) groups is 1. The zero-order chi connectivity index (χ0) is 16.5. The monoisotopic (exact) mass is 318 g/mol. The van der Waals surface area contributed by atoms with E-state index in [1.807, 2.05) is 30.3 Å². The van der Waals surface area contributed by atoms with E-state index < -0.39 is 5.97 Å². The molecule has 24 heavy (non-hydrogen) atoms. The standard InChI is InChI=1S/C20H18N2O2/c1-24-20(23)18-19(15-8-3-2-4-9-15)22(13-21-18)17-12-11-14-7-5-6-10-16(14)17/h2-10,13,17H,11-12H2,1H3. The molecular weight excluding hydrogens is 300 g/mol. The van der Waals surface area contributed by atoms with Crippen LogP contribution >= 0.6 is 0 Å². The van der Waals surface area contributed by atoms with Gasteiger partial charge in [-0.05, 0) is 24.0 Å². The lowest BCUT2D eigenvalue weighted by atomic mass is 10.1. The molecule has 2 aromatic carbocycles. The van der Waals surface area contributed by atoms with E-state index in [0.717, 1.165) is 24.1 Å². The van der Waals surface area contributed by atoms with Gasteiger partial charge in [0, 0.05) is 5.56 Å². The first-order chi connectivity index (χ1) is 11.8. The number of imidazole rings is 1. The summed E-state index contributed by atoms with van der Waals surface area (Å²) in [7, 11) is 1.39. The predicted molar refractivity (Wildman–Crippen MR) is 91.9 cm³/mol. The Morgan fingerprint density at radius 2 is 1.88 bits per heavy atom. The Hall–Kier alpha value is -2.88. The third kappa shape index (κ3) is 2.31. The molecule has 0 saturated heterocycles. The van der Waals surface area contributed by atoms with Crippen molar-refractivity contribution in [3.05, 3.63) is 77.7 Å². The van der Waals surface area contributed by atoms with E-state index >= 15 is 0 Å². The summed E-state index contributed by atoms with van der Waals surface area (Å²) in [5, 5.41) is 0. The number of methoxy groups -OCH3 is 1. The Morgan fingerprint density at radius 3 is 2.67 bits per heavy atom. The number of fused-ring (bicyclic) bond motifs is 1. The molecule has 0 saturated carbocycles. The minimum Gasteiger partial charge on any atom is -0.464 e. The molecule has 0 aliphatic heterocycles. The van der Waals surface area contributed by atoms with Crippen LogP contribution < -0.4 is 0 Å². The Morgan fingerprint density at radius 1 is 1.12 bits per heavy atom. The van der Waals surface area contributed by atoms with Gasteiger partial charge in [-0.3, -0.25) is 0 Å². The average Bonchev–Trinajstić information content (AvgIpc) is 3.25. The van der Waals surface area contributed by atoms with E-state index in [2.05, 4.69) is 33.8 Å². The summed E-state index contributed by atoms with van der Waals surface area (Å²) in [6, 6.07) is 18.6. The van der Waals surface area contributed by atoms with Crippen LogP contribution in [0.2, 0.25) is 0 Å². The van der Waals surface area contributed by atoms with Gasteiger partial charge in [0.1, 0.15) is 0 Å². The third-order valence-electron chi connectivity index (χ3n) is 4.66. The molecule has 4 rings (SSSR count). The topological polar surface area (TPSA) is 44.1 Å². The minimum atomic E-state index is -0.404. The molecule has 1 atom stereocenters. The molecule has 0 bridgehead atoms. The largest absolute Gasteiger partial charge is 0.464 e. The van der Waals surface area contributed by atoms with Gasteiger partial charge in [-0.15, -0.1) is 0 Å². The van der Waals surface area contributed by atoms with Gasteiger partial charge in [-0.2, -0.15) is 0 Å². The molecule has 3 aromatic rings. The molecule has 0 spiro atoms. The van der Waals surface area contributed by atoms with E-state index in [4.69, 9.17) is 4.74 Å². The maximum absolute atomic E-state index is 12.2. The van der Waals surface area contributed by atoms with Crippen LogP contribution in [0.15, 0.2) is 60.9 Å². The lowest BCUT2D eigenvalue weighted by molar-refractivity contribution is 0.0595. The summed E-state index contributed by atoms with van der Waals surface area (Å²) in [6.07, 6.45) is 3.82. The molecule has 1 heterocycles. The highest BCUT2D eigenvalue weighted by Crippen LogP contribution is 2.38. The van der Waals surface area contributed by atoms with E-state index in [0.29, 0.717) is 5.69 Å². The van der Waals surface area contributed by atoms with Crippen molar-refractivity contribution < 1.29 is 9.53 Å². The van der Waals surface area contributed by atoms with Gasteiger partial charge >= 0.3 is 5.97 Å². The summed E-state index contributed by atoms with van der Waals surface area (Å²) in [4.78, 5) is 16.6. The number of aryl methyl sites for hydroxylation is 1. The second kappa shape index (κ2) is 5.96. The van der Waals surface area contributed by atoms with Gasteiger partial charge < -0.3 is 9.30 Å². The van der Waals surface area contributed by atoms with Crippen molar-refractivity contribution >= 4 is 5.97 Å². The quantitative estimate of drug-likeness (QED) is 0.689. The summed E-state index contributed by atoms with van der Waals surface area (Å²) in [5.41, 5.74) is 4.84. The summed E-state index contributed by atoms with van der Waals surface area (Å²) < 4.78 is 7.05. The maximum atomic E-state index is 12.2. The number of hydrogen-bond acceptors (Lipinski definition) is 3. The highest BCUT2D eigenvalue weighted by Gasteiger charge is 2.29. The van der Waals surface area contributed by atoms with Crippen LogP contribution in [0.1, 0.15) is 34.1 Å². The first-order valence-corrected chi connectivity index (χ1v) is 8.08. The Balaban J connectivity index is 1.88. The normalized spacial score (nSPS) is 16.0. The summed E-state index contributed by atoms with van der Waals surface area (Å²) >= 11 is 0. The Bertz CT molecular complexity index is 884. The van der Waals surface area contributed by atoms with Gasteiger partial charge in [0.2, 0.25) is 0 Å². The molecule has 0 amide bonds. The molecule has 1 aliphatic rings. The number of nitrogens with zero attached hydrogens (tertiary/aromatic N) is 2. The van der Waals surface area contributed by atoms with Crippen LogP contribution in [0.5, 0.6) is 0 Å². The number of esters is 1. The van der Waals surface area contributed by atoms with Crippen molar-refractivity contribution in [1.82, 2.24) is 9.55 Å². The Labute approximate surface area is 140 Å². The van der Waals surface area contributed by atoms with Gasteiger partial charge in [0.05, 0.1) is 25.2 Å². The highest BCUT2D eigenvalue weighted by atomic mass is 16.5. The van der Waals surface area contributed by atoms with Crippen LogP contribution in [0.4, 0.5) is 0 Å². The molecule has 0 N–H and O–H groups in total. The lowest BCUT2D eigenvalue weighted by Gasteiger charge is -2.18. The Kier molecular flexibility index (Phi) is 3.65. The minimum absolute atomic E-state index is 0.197. The van der Waals surface area contributed by atoms with Crippen molar-refractivity contribution in [3.63, 3.8) is 0 Å². The van der Waals surface area contributed by atoms with E-state index in [1.54, 1.807) is 6.33 Å². The van der Waals surface area contributed by atoms with Crippen molar-refractivity contribution in [2.24, 2.45) is 0 Å². The van der Waals surface area contributed by atoms with E-state index in [1.165, 1.54) is 18.2 Å². The molecule has 0 fully saturated rings. The fraction of sp³-hybridized carbons (Fsp3) is 0.200. The number of benzene rings is 2. The second-order valence-corrected chi connectivity index (χ2v) is 5.96. The van der Waals surface area contributed by atoms with Crippen molar-refractivity contribution in [3.8, 4) is 11.3 Å². The van der Waals surface area contributed by atoms with Crippen LogP contribution in [-0.2, 0) is 11.2 Å². The van der Waals surface area contributed by atoms with Crippen LogP contribution in [0.25, 0.3) is 11.3 Å². The number of aromatic nitrogens is 2. The lowest BCUT2D eigenvalue weighted by Crippen LogP contribution is -2.10. The third-order valence-corrected chi connectivity index (χ3v) is 4.66. The predicted octanol–water partition coefficient (Wildman–Crippen LogP) is 3.87. The average molecular weight is 318 g/mol. The van der Waals surface area contributed by atoms with Gasteiger partial charge in [0.15, 0.2) is 5.69 Å². The van der Waals surface area contributed by atoms with Crippen LogP contribution in [-0.4, -0.2) is 22.6 Å². The maximum Gasteiger partial charge on any atom is 0.358 e. The summed E-state index contributed by atoms with van der Waals surface area (Å²) in [5.74, 6) is -0.404. The van der Waals surface area contributed by atoms with E-state index in [-0.39, 0.29) is 6.04 Å². The molecule has 120 valence electrons. The van der Waals surface area contributed by atoms with Crippen LogP contribution in [0.3, 0.4) is 0 Å². The second-order valence-electron chi connectivity index (χ2n) is 5.96. The molecule has 1 aliphatic carbocycles. The van der Waals surface area contributed by atoms with Gasteiger partial charge in [-0.1, -0.05) is 54.6 Å². The smallest absolute Gasteiger partial charge is 0.358 e. The number of ether oxygens (including phenoxy) is 1. The van der Waals surface area contributed by atoms with E-state index in [9.17, 15) is 4.79 Å². The number of rotatable bonds is 3. The van der Waals surface area contributed by atoms with Crippen molar-refractivity contribution in [2.75, 3.05) is 7.11 Å². The van der Waals surface area contributed by atoms with Gasteiger partial charge in [-0.25, -0.2) is 9.78 Å². The summed E-state index contributed by atoms with van der Waals surface area (Å²) in [6.45, 7) is 0. The van der Waals surface area contributed by atoms with Crippen molar-refractivity contribution in [2.45, 2.75) is 18.9 Å². The SMILES string of the molecule is COC(=O)c1ncn(C2CCc3ccccc32)c1-c1ccccc1. The molecule has 0 radical (unpaired) electrons. The van der Waals surface area contributed by atoms with Crippen molar-refractivity contribution in [1.29, 1.82) is 0 Å². The first kappa shape index (κ1) is 14.7. The molecular formula is C20H18N2O2. The number of carbonyl (C=O) groups excluding carboxylic acids is 1. The molecule has 4 heteroatoms. The number of hydrogen-bond donors (Lipinski definition) is 0. The molecule has 1 unspecified atom stereocenters. The zero-order valence-electron chi connectivity index (χ0n) is 13.5. The van der Waals surface area contributed by atoms with Gasteiger partial charge in [0.25, 0.3) is 0 Å². The fourth-order valence-corrected chi connectivity index (χ4v) is 3.55. The zero-order valence-corrected chi connectivity index (χ0v) is 13.5. The fourth-order valence-electron chi connectivity index (χ4n) is 3.55. The molecule has 1 aromatic heterocycles. The van der Waals surface area contributed by atoms with Crippen LogP contribution in [0, 0.1) is 0 Å². The highest BCUT2D eigenvalue weighted by molar-refractivity contribution is 5.94. The molecule has 4 nitrogen and oxygen atoms in total. The first-order valence-electron chi connectivity index (χ1n) is 8.08.